The highest BCUT2D eigenvalue weighted by Gasteiger charge is 2.25. The molecule has 3 nitrogen and oxygen atoms in total. The largest absolute Gasteiger partial charge is 0.507 e. The van der Waals surface area contributed by atoms with Crippen LogP contribution >= 0.6 is 15.9 Å². The third kappa shape index (κ3) is 3.30. The fourth-order valence-corrected chi connectivity index (χ4v) is 2.93. The second kappa shape index (κ2) is 6.42. The Morgan fingerprint density at radius 2 is 2.21 bits per heavy atom. The second-order valence-electron chi connectivity index (χ2n) is 5.08. The van der Waals surface area contributed by atoms with E-state index in [1.54, 1.807) is 18.2 Å². The molecule has 0 aromatic heterocycles. The predicted molar refractivity (Wildman–Crippen MR) is 79.4 cm³/mol. The Morgan fingerprint density at radius 3 is 2.89 bits per heavy atom. The number of phenols is 1. The van der Waals surface area contributed by atoms with Gasteiger partial charge in [-0.3, -0.25) is 4.79 Å². The molecule has 1 heterocycles. The molecule has 1 unspecified atom stereocenters. The van der Waals surface area contributed by atoms with Crippen LogP contribution in [0.4, 0.5) is 0 Å². The van der Waals surface area contributed by atoms with Gasteiger partial charge in [0.05, 0.1) is 4.47 Å². The lowest BCUT2D eigenvalue weighted by molar-refractivity contribution is 0.0678. The highest BCUT2D eigenvalue weighted by molar-refractivity contribution is 9.10. The summed E-state index contributed by atoms with van der Waals surface area (Å²) in [7, 11) is 0. The Bertz CT molecular complexity index is 461. The summed E-state index contributed by atoms with van der Waals surface area (Å²) >= 11 is 3.24. The Labute approximate surface area is 122 Å². The fourth-order valence-electron chi connectivity index (χ4n) is 2.68. The molecule has 2 rings (SSSR count). The van der Waals surface area contributed by atoms with Crippen molar-refractivity contribution in [2.45, 2.75) is 45.1 Å². The van der Waals surface area contributed by atoms with Crippen molar-refractivity contribution in [3.05, 3.63) is 28.2 Å². The van der Waals surface area contributed by atoms with Crippen LogP contribution in [0.5, 0.6) is 5.75 Å². The van der Waals surface area contributed by atoms with Crippen molar-refractivity contribution < 1.29 is 9.90 Å². The number of amides is 1. The number of nitrogens with zero attached hydrogens (tertiary/aromatic N) is 1. The van der Waals surface area contributed by atoms with E-state index in [2.05, 4.69) is 22.9 Å². The molecule has 1 atom stereocenters. The molecule has 1 aromatic carbocycles. The molecule has 4 heteroatoms. The molecule has 1 N–H and O–H groups in total. The molecule has 0 spiro atoms. The summed E-state index contributed by atoms with van der Waals surface area (Å²) in [6, 6.07) is 5.37. The van der Waals surface area contributed by atoms with Gasteiger partial charge >= 0.3 is 0 Å². The molecule has 104 valence electrons. The van der Waals surface area contributed by atoms with Gasteiger partial charge in [0, 0.05) is 18.2 Å². The number of rotatable bonds is 2. The quantitative estimate of drug-likeness (QED) is 0.894. The Kier molecular flexibility index (Phi) is 4.86. The van der Waals surface area contributed by atoms with E-state index < -0.39 is 0 Å². The van der Waals surface area contributed by atoms with Crippen LogP contribution in [0.1, 0.15) is 49.4 Å². The summed E-state index contributed by atoms with van der Waals surface area (Å²) in [6.07, 6.45) is 5.56. The van der Waals surface area contributed by atoms with Crippen LogP contribution < -0.4 is 0 Å². The van der Waals surface area contributed by atoms with Crippen molar-refractivity contribution in [1.29, 1.82) is 0 Å². The van der Waals surface area contributed by atoms with Crippen LogP contribution in [0.15, 0.2) is 22.7 Å². The van der Waals surface area contributed by atoms with Crippen LogP contribution in [-0.4, -0.2) is 28.5 Å². The SMILES string of the molecule is CCC1CCCCCN1C(=O)c1ccc(Br)c(O)c1. The number of aromatic hydroxyl groups is 1. The summed E-state index contributed by atoms with van der Waals surface area (Å²) in [5, 5.41) is 9.71. The lowest BCUT2D eigenvalue weighted by Crippen LogP contribution is -2.39. The minimum atomic E-state index is 0.0385. The van der Waals surface area contributed by atoms with Crippen molar-refractivity contribution in [1.82, 2.24) is 4.90 Å². The normalized spacial score (nSPS) is 20.1. The van der Waals surface area contributed by atoms with E-state index in [0.717, 1.165) is 25.8 Å². The minimum absolute atomic E-state index is 0.0385. The fraction of sp³-hybridized carbons (Fsp3) is 0.533. The van der Waals surface area contributed by atoms with E-state index in [1.807, 2.05) is 4.90 Å². The number of benzene rings is 1. The minimum Gasteiger partial charge on any atom is -0.507 e. The van der Waals surface area contributed by atoms with Crippen molar-refractivity contribution in [3.8, 4) is 5.75 Å². The van der Waals surface area contributed by atoms with E-state index in [-0.39, 0.29) is 11.7 Å². The lowest BCUT2D eigenvalue weighted by Gasteiger charge is -2.29. The summed E-state index contributed by atoms with van der Waals surface area (Å²) in [5.41, 5.74) is 0.570. The molecule has 0 aliphatic carbocycles. The molecule has 1 fully saturated rings. The Balaban J connectivity index is 2.22. The van der Waals surface area contributed by atoms with Gasteiger partial charge in [-0.1, -0.05) is 19.8 Å². The van der Waals surface area contributed by atoms with Crippen LogP contribution in [0, 0.1) is 0 Å². The van der Waals surface area contributed by atoms with Gasteiger partial charge in [-0.05, 0) is 53.4 Å². The van der Waals surface area contributed by atoms with E-state index in [9.17, 15) is 9.90 Å². The van der Waals surface area contributed by atoms with Gasteiger partial charge in [0.15, 0.2) is 0 Å². The van der Waals surface area contributed by atoms with Crippen molar-refractivity contribution in [2.75, 3.05) is 6.54 Å². The van der Waals surface area contributed by atoms with Gasteiger partial charge in [-0.15, -0.1) is 0 Å². The molecule has 0 saturated carbocycles. The van der Waals surface area contributed by atoms with Crippen molar-refractivity contribution in [2.24, 2.45) is 0 Å². The van der Waals surface area contributed by atoms with Crippen molar-refractivity contribution >= 4 is 21.8 Å². The number of phenolic OH excluding ortho intramolecular Hbond substituents is 1. The third-order valence-corrected chi connectivity index (χ3v) is 4.47. The Morgan fingerprint density at radius 1 is 1.42 bits per heavy atom. The lowest BCUT2D eigenvalue weighted by atomic mass is 10.1. The zero-order valence-electron chi connectivity index (χ0n) is 11.2. The zero-order chi connectivity index (χ0) is 13.8. The first kappa shape index (κ1) is 14.4. The average Bonchev–Trinajstić information content (AvgIpc) is 2.66. The highest BCUT2D eigenvalue weighted by Crippen LogP contribution is 2.27. The van der Waals surface area contributed by atoms with Crippen LogP contribution in [0.2, 0.25) is 0 Å². The van der Waals surface area contributed by atoms with Gasteiger partial charge in [0.1, 0.15) is 5.75 Å². The summed E-state index contributed by atoms with van der Waals surface area (Å²) in [6.45, 7) is 2.96. The Hall–Kier alpha value is -1.03. The van der Waals surface area contributed by atoms with Gasteiger partial charge in [-0.25, -0.2) is 0 Å². The molecular formula is C15H20BrNO2. The summed E-state index contributed by atoms with van der Waals surface area (Å²) in [4.78, 5) is 14.6. The van der Waals surface area contributed by atoms with Gasteiger partial charge in [0.2, 0.25) is 0 Å². The van der Waals surface area contributed by atoms with Crippen LogP contribution in [0.25, 0.3) is 0 Å². The van der Waals surface area contributed by atoms with E-state index in [1.165, 1.54) is 12.8 Å². The molecule has 19 heavy (non-hydrogen) atoms. The van der Waals surface area contributed by atoms with Crippen LogP contribution in [-0.2, 0) is 0 Å². The standard InChI is InChI=1S/C15H20BrNO2/c1-2-12-6-4-3-5-9-17(12)15(19)11-7-8-13(16)14(18)10-11/h7-8,10,12,18H,2-6,9H2,1H3. The zero-order valence-corrected chi connectivity index (χ0v) is 12.8. The summed E-state index contributed by atoms with van der Waals surface area (Å²) in [5.74, 6) is 0.158. The first-order valence-electron chi connectivity index (χ1n) is 6.93. The third-order valence-electron chi connectivity index (χ3n) is 3.80. The smallest absolute Gasteiger partial charge is 0.254 e. The second-order valence-corrected chi connectivity index (χ2v) is 5.93. The number of carbonyl (C=O) groups excluding carboxylic acids is 1. The molecule has 0 bridgehead atoms. The maximum Gasteiger partial charge on any atom is 0.254 e. The number of carbonyl (C=O) groups is 1. The van der Waals surface area contributed by atoms with Gasteiger partial charge in [-0.2, -0.15) is 0 Å². The topological polar surface area (TPSA) is 40.5 Å². The summed E-state index contributed by atoms with van der Waals surface area (Å²) < 4.78 is 0.618. The predicted octanol–water partition coefficient (Wildman–Crippen LogP) is 3.95. The van der Waals surface area contributed by atoms with E-state index >= 15 is 0 Å². The van der Waals surface area contributed by atoms with Gasteiger partial charge in [0.25, 0.3) is 5.91 Å². The number of hydrogen-bond donors (Lipinski definition) is 1. The molecule has 1 aliphatic heterocycles. The maximum absolute atomic E-state index is 12.6. The highest BCUT2D eigenvalue weighted by atomic mass is 79.9. The number of likely N-dealkylation sites (tertiary alicyclic amines) is 1. The first-order valence-corrected chi connectivity index (χ1v) is 7.72. The van der Waals surface area contributed by atoms with E-state index in [0.29, 0.717) is 16.1 Å². The number of halogens is 1. The maximum atomic E-state index is 12.6. The molecule has 1 aromatic rings. The van der Waals surface area contributed by atoms with Gasteiger partial charge < -0.3 is 10.0 Å². The molecule has 0 radical (unpaired) electrons. The molecule has 1 amide bonds. The molecule has 1 aliphatic rings. The van der Waals surface area contributed by atoms with Crippen LogP contribution in [0.3, 0.4) is 0 Å². The first-order chi connectivity index (χ1) is 9.13. The number of hydrogen-bond acceptors (Lipinski definition) is 2. The average molecular weight is 326 g/mol. The molecular weight excluding hydrogens is 306 g/mol. The van der Waals surface area contributed by atoms with Crippen molar-refractivity contribution in [3.63, 3.8) is 0 Å². The monoisotopic (exact) mass is 325 g/mol. The van der Waals surface area contributed by atoms with E-state index in [4.69, 9.17) is 0 Å². The molecule has 1 saturated heterocycles.